The van der Waals surface area contributed by atoms with Crippen molar-refractivity contribution in [3.63, 3.8) is 0 Å². The largest absolute Gasteiger partial charge is 0.481 e. The van der Waals surface area contributed by atoms with Crippen molar-refractivity contribution in [1.29, 1.82) is 0 Å². The van der Waals surface area contributed by atoms with Gasteiger partial charge in [0.15, 0.2) is 0 Å². The standard InChI is InChI=1S/C16H21NO3S/c1-9-3-4-13-11(7-9)8-14(21-13)15(18)17-6-5-12(10(17)2)16(19)20/h8-10,12H,3-7H2,1-2H3,(H,19,20). The van der Waals surface area contributed by atoms with E-state index < -0.39 is 11.9 Å². The molecular weight excluding hydrogens is 286 g/mol. The summed E-state index contributed by atoms with van der Waals surface area (Å²) in [7, 11) is 0. The molecule has 1 fully saturated rings. The Hall–Kier alpha value is -1.36. The van der Waals surface area contributed by atoms with Gasteiger partial charge in [-0.1, -0.05) is 6.92 Å². The zero-order chi connectivity index (χ0) is 15.1. The van der Waals surface area contributed by atoms with E-state index in [1.54, 1.807) is 16.2 Å². The van der Waals surface area contributed by atoms with Crippen LogP contribution in [0.25, 0.3) is 0 Å². The Morgan fingerprint density at radius 2 is 2.10 bits per heavy atom. The fourth-order valence-corrected chi connectivity index (χ4v) is 4.67. The maximum atomic E-state index is 12.7. The highest BCUT2D eigenvalue weighted by Gasteiger charge is 2.39. The zero-order valence-electron chi connectivity index (χ0n) is 12.5. The number of aliphatic carboxylic acids is 1. The monoisotopic (exact) mass is 307 g/mol. The number of carboxylic acids is 1. The van der Waals surface area contributed by atoms with Gasteiger partial charge in [-0.15, -0.1) is 11.3 Å². The van der Waals surface area contributed by atoms with Gasteiger partial charge in [0.25, 0.3) is 5.91 Å². The van der Waals surface area contributed by atoms with Gasteiger partial charge >= 0.3 is 5.97 Å². The second-order valence-corrected chi connectivity index (χ2v) is 7.52. The molecule has 2 heterocycles. The molecule has 4 nitrogen and oxygen atoms in total. The predicted octanol–water partition coefficient (Wildman–Crippen LogP) is 2.81. The third-order valence-corrected chi connectivity index (χ3v) is 6.10. The number of nitrogens with zero attached hydrogens (tertiary/aromatic N) is 1. The van der Waals surface area contributed by atoms with Gasteiger partial charge in [-0.2, -0.15) is 0 Å². The van der Waals surface area contributed by atoms with Crippen LogP contribution in [0.3, 0.4) is 0 Å². The predicted molar refractivity (Wildman–Crippen MR) is 81.7 cm³/mol. The Bertz CT molecular complexity index is 580. The Morgan fingerprint density at radius 3 is 2.76 bits per heavy atom. The summed E-state index contributed by atoms with van der Waals surface area (Å²) in [5.74, 6) is -0.517. The number of likely N-dealkylation sites (tertiary alicyclic amines) is 1. The van der Waals surface area contributed by atoms with Gasteiger partial charge in [0, 0.05) is 17.5 Å². The normalized spacial score (nSPS) is 28.5. The molecule has 3 rings (SSSR count). The first-order chi connectivity index (χ1) is 9.97. The molecule has 21 heavy (non-hydrogen) atoms. The lowest BCUT2D eigenvalue weighted by molar-refractivity contribution is -0.142. The average Bonchev–Trinajstić information content (AvgIpc) is 3.00. The molecule has 1 N–H and O–H groups in total. The summed E-state index contributed by atoms with van der Waals surface area (Å²) in [5.41, 5.74) is 1.32. The van der Waals surface area contributed by atoms with E-state index in [0.717, 1.165) is 17.7 Å². The molecule has 3 atom stereocenters. The van der Waals surface area contributed by atoms with Gasteiger partial charge in [0.05, 0.1) is 10.8 Å². The number of hydrogen-bond acceptors (Lipinski definition) is 3. The maximum absolute atomic E-state index is 12.7. The van der Waals surface area contributed by atoms with Crippen LogP contribution >= 0.6 is 11.3 Å². The Balaban J connectivity index is 1.79. The maximum Gasteiger partial charge on any atom is 0.308 e. The highest BCUT2D eigenvalue weighted by atomic mass is 32.1. The average molecular weight is 307 g/mol. The minimum absolute atomic E-state index is 0.0123. The van der Waals surface area contributed by atoms with Crippen molar-refractivity contribution in [2.75, 3.05) is 6.54 Å². The molecule has 1 aliphatic heterocycles. The van der Waals surface area contributed by atoms with E-state index in [2.05, 4.69) is 6.92 Å². The molecule has 0 bridgehead atoms. The van der Waals surface area contributed by atoms with Crippen LogP contribution in [0.15, 0.2) is 6.07 Å². The number of hydrogen-bond donors (Lipinski definition) is 1. The van der Waals surface area contributed by atoms with Crippen LogP contribution in [0.5, 0.6) is 0 Å². The molecule has 1 aromatic heterocycles. The molecule has 1 amide bonds. The van der Waals surface area contributed by atoms with Gasteiger partial charge in [-0.3, -0.25) is 9.59 Å². The molecular formula is C16H21NO3S. The highest BCUT2D eigenvalue weighted by Crippen LogP contribution is 2.34. The molecule has 0 aromatic carbocycles. The summed E-state index contributed by atoms with van der Waals surface area (Å²) in [4.78, 5) is 27.7. The fraction of sp³-hybridized carbons (Fsp3) is 0.625. The van der Waals surface area contributed by atoms with E-state index in [4.69, 9.17) is 0 Å². The molecule has 1 aliphatic carbocycles. The molecule has 3 unspecified atom stereocenters. The molecule has 1 aromatic rings. The second kappa shape index (κ2) is 5.44. The van der Waals surface area contributed by atoms with E-state index in [1.807, 2.05) is 13.0 Å². The number of amides is 1. The van der Waals surface area contributed by atoms with Gasteiger partial charge in [-0.05, 0) is 50.2 Å². The van der Waals surface area contributed by atoms with Crippen LogP contribution in [0.4, 0.5) is 0 Å². The number of thiophene rings is 1. The Morgan fingerprint density at radius 1 is 1.33 bits per heavy atom. The summed E-state index contributed by atoms with van der Waals surface area (Å²) >= 11 is 1.61. The van der Waals surface area contributed by atoms with Gasteiger partial charge in [0.1, 0.15) is 0 Å². The number of aryl methyl sites for hydroxylation is 1. The zero-order valence-corrected chi connectivity index (χ0v) is 13.3. The van der Waals surface area contributed by atoms with Crippen molar-refractivity contribution in [3.05, 3.63) is 21.4 Å². The smallest absolute Gasteiger partial charge is 0.308 e. The van der Waals surface area contributed by atoms with Crippen LogP contribution in [-0.4, -0.2) is 34.5 Å². The summed E-state index contributed by atoms with van der Waals surface area (Å²) in [6, 6.07) is 1.83. The van der Waals surface area contributed by atoms with Gasteiger partial charge in [-0.25, -0.2) is 0 Å². The SMILES string of the molecule is CC1CCc2sc(C(=O)N3CCC(C(=O)O)C3C)cc2C1. The molecule has 5 heteroatoms. The minimum Gasteiger partial charge on any atom is -0.481 e. The van der Waals surface area contributed by atoms with Crippen LogP contribution in [0.1, 0.15) is 46.8 Å². The number of carbonyl (C=O) groups is 2. The van der Waals surface area contributed by atoms with Crippen LogP contribution in [0.2, 0.25) is 0 Å². The van der Waals surface area contributed by atoms with Crippen molar-refractivity contribution >= 4 is 23.2 Å². The lowest BCUT2D eigenvalue weighted by Crippen LogP contribution is -2.37. The number of fused-ring (bicyclic) bond motifs is 1. The molecule has 1 saturated heterocycles. The van der Waals surface area contributed by atoms with Crippen molar-refractivity contribution in [2.24, 2.45) is 11.8 Å². The molecule has 114 valence electrons. The van der Waals surface area contributed by atoms with Gasteiger partial charge < -0.3 is 10.0 Å². The second-order valence-electron chi connectivity index (χ2n) is 6.38. The molecule has 0 radical (unpaired) electrons. The topological polar surface area (TPSA) is 57.6 Å². The first-order valence-electron chi connectivity index (χ1n) is 7.62. The summed E-state index contributed by atoms with van der Waals surface area (Å²) in [5, 5.41) is 9.18. The van der Waals surface area contributed by atoms with Crippen LogP contribution < -0.4 is 0 Å². The van der Waals surface area contributed by atoms with E-state index in [-0.39, 0.29) is 11.9 Å². The first kappa shape index (κ1) is 14.6. The van der Waals surface area contributed by atoms with E-state index in [9.17, 15) is 14.7 Å². The van der Waals surface area contributed by atoms with Crippen LogP contribution in [-0.2, 0) is 17.6 Å². The van der Waals surface area contributed by atoms with Crippen molar-refractivity contribution in [3.8, 4) is 0 Å². The van der Waals surface area contributed by atoms with E-state index >= 15 is 0 Å². The third-order valence-electron chi connectivity index (χ3n) is 4.87. The Kier molecular flexibility index (Phi) is 3.78. The summed E-state index contributed by atoms with van der Waals surface area (Å²) in [6.45, 7) is 4.65. The van der Waals surface area contributed by atoms with Crippen molar-refractivity contribution < 1.29 is 14.7 Å². The lowest BCUT2D eigenvalue weighted by atomic mass is 9.90. The van der Waals surface area contributed by atoms with Gasteiger partial charge in [0.2, 0.25) is 0 Å². The van der Waals surface area contributed by atoms with E-state index in [0.29, 0.717) is 18.9 Å². The van der Waals surface area contributed by atoms with E-state index in [1.165, 1.54) is 16.9 Å². The lowest BCUT2D eigenvalue weighted by Gasteiger charge is -2.22. The number of carbonyl (C=O) groups excluding carboxylic acids is 1. The summed E-state index contributed by atoms with van der Waals surface area (Å²) < 4.78 is 0. The fourth-order valence-electron chi connectivity index (χ4n) is 3.51. The quantitative estimate of drug-likeness (QED) is 0.914. The van der Waals surface area contributed by atoms with Crippen molar-refractivity contribution in [1.82, 2.24) is 4.90 Å². The minimum atomic E-state index is -0.794. The number of carboxylic acid groups (broad SMARTS) is 1. The third kappa shape index (κ3) is 2.59. The highest BCUT2D eigenvalue weighted by molar-refractivity contribution is 7.14. The van der Waals surface area contributed by atoms with Crippen molar-refractivity contribution in [2.45, 2.75) is 45.6 Å². The number of rotatable bonds is 2. The van der Waals surface area contributed by atoms with Crippen LogP contribution in [0, 0.1) is 11.8 Å². The molecule has 2 aliphatic rings. The molecule has 0 saturated carbocycles. The molecule has 0 spiro atoms. The summed E-state index contributed by atoms with van der Waals surface area (Å²) in [6.07, 6.45) is 3.89. The Labute approximate surface area is 128 Å². The first-order valence-corrected chi connectivity index (χ1v) is 8.44.